The summed E-state index contributed by atoms with van der Waals surface area (Å²) in [5, 5.41) is 0.899. The van der Waals surface area contributed by atoms with E-state index < -0.39 is 18.7 Å². The fourth-order valence-corrected chi connectivity index (χ4v) is 2.27. The number of nitrogens with one attached hydrogen (secondary N) is 2. The third-order valence-electron chi connectivity index (χ3n) is 3.36. The van der Waals surface area contributed by atoms with E-state index in [0.29, 0.717) is 35.0 Å². The quantitative estimate of drug-likeness (QED) is 0.885. The molecule has 0 spiro atoms. The van der Waals surface area contributed by atoms with Gasteiger partial charge in [0.15, 0.2) is 2.82 Å². The highest BCUT2D eigenvalue weighted by molar-refractivity contribution is 5.84. The molecule has 2 N–H and O–H groups in total. The summed E-state index contributed by atoms with van der Waals surface area (Å²) in [5.41, 5.74) is 1.76. The summed E-state index contributed by atoms with van der Waals surface area (Å²) in [6.07, 6.45) is -0.805. The highest BCUT2D eigenvalue weighted by atomic mass is 16.6. The highest BCUT2D eigenvalue weighted by Gasteiger charge is 2.22. The Morgan fingerprint density at radius 1 is 1.62 bits per heavy atom. The molecule has 0 unspecified atom stereocenters. The maximum absolute atomic E-state index is 11.6. The molecular formula is C16H21N3O2. The summed E-state index contributed by atoms with van der Waals surface area (Å²) in [4.78, 5) is 14.6. The molecule has 1 fully saturated rings. The van der Waals surface area contributed by atoms with Crippen LogP contribution in [0.3, 0.4) is 0 Å². The molecule has 21 heavy (non-hydrogen) atoms. The summed E-state index contributed by atoms with van der Waals surface area (Å²) in [6.45, 7) is -1.93. The minimum absolute atomic E-state index is 0.0846. The number of aromatic nitrogens is 1. The summed E-state index contributed by atoms with van der Waals surface area (Å²) < 4.78 is 52.4. The summed E-state index contributed by atoms with van der Waals surface area (Å²) in [7, 11) is 3.83. The van der Waals surface area contributed by atoms with Crippen LogP contribution in [-0.4, -0.2) is 49.2 Å². The largest absolute Gasteiger partial charge is 0.447 e. The van der Waals surface area contributed by atoms with E-state index in [4.69, 9.17) is 8.31 Å². The monoisotopic (exact) mass is 293 g/mol. The Morgan fingerprint density at radius 3 is 3.19 bits per heavy atom. The van der Waals surface area contributed by atoms with E-state index in [0.717, 1.165) is 4.98 Å². The number of amides is 1. The third kappa shape index (κ3) is 3.19. The average Bonchev–Trinajstić information content (AvgIpc) is 2.89. The lowest BCUT2D eigenvalue weighted by Gasteiger charge is -2.09. The molecule has 1 aromatic carbocycles. The Bertz CT molecular complexity index is 900. The standard InChI is InChI=1S/C16H21N3O2/c1-19(2)6-5-12-9-17-15-4-3-11(8-14(12)15)7-13-10-21-16(20)18-13/h3-4,8-9,13,17H,5-7,10H2,1-2H3,(H,18,20)/t13-/m0/s1/i9D,10D2,13D/hD2. The number of carbonyl (C=O) groups is 1. The minimum atomic E-state index is -2.63. The van der Waals surface area contributed by atoms with Gasteiger partial charge in [-0.15, -0.1) is 0 Å². The number of hydrogen-bond donors (Lipinski definition) is 2. The maximum atomic E-state index is 11.6. The van der Waals surface area contributed by atoms with Crippen LogP contribution in [0, 0.1) is 0 Å². The minimum Gasteiger partial charge on any atom is -0.447 e. The first-order valence-electron chi connectivity index (χ1n) is 9.66. The Hall–Kier alpha value is -2.01. The fourth-order valence-electron chi connectivity index (χ4n) is 2.27. The molecule has 0 aliphatic carbocycles. The van der Waals surface area contributed by atoms with E-state index in [1.807, 2.05) is 19.0 Å². The zero-order valence-electron chi connectivity index (χ0n) is 18.0. The van der Waals surface area contributed by atoms with Crippen LogP contribution >= 0.6 is 0 Å². The molecule has 2 heterocycles. The van der Waals surface area contributed by atoms with Crippen molar-refractivity contribution in [2.24, 2.45) is 0 Å². The number of alkyl carbamates (subject to hydrolysis) is 1. The van der Waals surface area contributed by atoms with E-state index in [1.54, 1.807) is 18.2 Å². The van der Waals surface area contributed by atoms with Crippen molar-refractivity contribution in [2.75, 3.05) is 27.2 Å². The molecule has 0 radical (unpaired) electrons. The molecule has 1 aromatic heterocycles. The van der Waals surface area contributed by atoms with Gasteiger partial charge in [0, 0.05) is 23.6 Å². The van der Waals surface area contributed by atoms with E-state index in [1.165, 1.54) is 0 Å². The first kappa shape index (κ1) is 8.44. The molecule has 0 saturated carbocycles. The molecule has 5 heteroatoms. The number of ether oxygens (including phenoxy) is 1. The number of aromatic amines is 1. The van der Waals surface area contributed by atoms with Crippen LogP contribution in [0.25, 0.3) is 10.9 Å². The number of carbonyl (C=O) groups excluding carboxylic acids is 1. The van der Waals surface area contributed by atoms with Crippen LogP contribution in [-0.2, 0) is 17.6 Å². The van der Waals surface area contributed by atoms with Gasteiger partial charge in [0.1, 0.15) is 6.56 Å². The van der Waals surface area contributed by atoms with Crippen molar-refractivity contribution in [1.29, 1.82) is 0 Å². The molecular weight excluding hydrogens is 266 g/mol. The smallest absolute Gasteiger partial charge is 0.407 e. The second kappa shape index (κ2) is 5.77. The van der Waals surface area contributed by atoms with Gasteiger partial charge in [0.2, 0.25) is 0 Å². The molecule has 2 aromatic rings. The zero-order chi connectivity index (χ0) is 20.1. The summed E-state index contributed by atoms with van der Waals surface area (Å²) in [5.74, 6) is 0. The van der Waals surface area contributed by atoms with Gasteiger partial charge in [0.25, 0.3) is 0 Å². The fraction of sp³-hybridized carbons (Fsp3) is 0.438. The van der Waals surface area contributed by atoms with Gasteiger partial charge in [-0.05, 0) is 50.2 Å². The lowest BCUT2D eigenvalue weighted by Crippen LogP contribution is -2.28. The molecule has 1 atom stereocenters. The number of hydrogen-bond acceptors (Lipinski definition) is 3. The molecule has 1 aliphatic rings. The zero-order valence-corrected chi connectivity index (χ0v) is 12.0. The van der Waals surface area contributed by atoms with Gasteiger partial charge in [-0.2, -0.15) is 0 Å². The van der Waals surface area contributed by atoms with E-state index >= 15 is 0 Å². The maximum Gasteiger partial charge on any atom is 0.407 e. The summed E-state index contributed by atoms with van der Waals surface area (Å²) in [6, 6.07) is 2.73. The van der Waals surface area contributed by atoms with Gasteiger partial charge < -0.3 is 19.9 Å². The van der Waals surface area contributed by atoms with Gasteiger partial charge in [-0.3, -0.25) is 0 Å². The van der Waals surface area contributed by atoms with Crippen molar-refractivity contribution in [3.05, 3.63) is 35.5 Å². The van der Waals surface area contributed by atoms with Crippen LogP contribution in [0.5, 0.6) is 0 Å². The van der Waals surface area contributed by atoms with Gasteiger partial charge in [-0.1, -0.05) is 6.07 Å². The highest BCUT2D eigenvalue weighted by Crippen LogP contribution is 2.21. The molecule has 112 valence electrons. The molecule has 1 saturated heterocycles. The topological polar surface area (TPSA) is 57.4 Å². The number of nitrogens with zero attached hydrogens (tertiary/aromatic N) is 1. The molecule has 3 rings (SSSR count). The Balaban J connectivity index is 2.01. The van der Waals surface area contributed by atoms with Crippen LogP contribution in [0.4, 0.5) is 4.79 Å². The second-order valence-corrected chi connectivity index (χ2v) is 5.31. The molecule has 1 amide bonds. The Labute approximate surface area is 132 Å². The van der Waals surface area contributed by atoms with Crippen LogP contribution in [0.1, 0.15) is 16.6 Å². The van der Waals surface area contributed by atoms with Crippen molar-refractivity contribution in [1.82, 2.24) is 15.2 Å². The van der Waals surface area contributed by atoms with Crippen LogP contribution in [0.2, 0.25) is 2.82 Å². The van der Waals surface area contributed by atoms with Crippen LogP contribution in [0.15, 0.2) is 24.4 Å². The predicted molar refractivity (Wildman–Crippen MR) is 82.5 cm³/mol. The SMILES string of the molecule is [2H]c1c(CCN(C)C)c2cc(C[C@]3([2H])N([2H])C(=O)OC3([2H])[2H])ccc2n1[2H]. The van der Waals surface area contributed by atoms with Crippen molar-refractivity contribution in [2.45, 2.75) is 18.9 Å². The van der Waals surface area contributed by atoms with Gasteiger partial charge in [-0.25, -0.2) is 4.79 Å². The normalized spacial score (nSPS) is 28.7. The first-order valence-corrected chi connectivity index (χ1v) is 6.77. The van der Waals surface area contributed by atoms with Gasteiger partial charge >= 0.3 is 6.09 Å². The molecule has 5 nitrogen and oxygen atoms in total. The molecule has 1 aliphatic heterocycles. The number of rotatable bonds is 5. The number of benzene rings is 1. The number of likely N-dealkylation sites (N-methyl/N-ethyl adjacent to an activating group) is 1. The average molecular weight is 293 g/mol. The van der Waals surface area contributed by atoms with Crippen molar-refractivity contribution in [3.63, 3.8) is 0 Å². The first-order chi connectivity index (χ1) is 12.5. The number of cyclic esters (lactones) is 1. The van der Waals surface area contributed by atoms with E-state index in [9.17, 15) is 4.79 Å². The van der Waals surface area contributed by atoms with Crippen molar-refractivity contribution >= 4 is 17.0 Å². The predicted octanol–water partition coefficient (Wildman–Crippen LogP) is 1.92. The second-order valence-electron chi connectivity index (χ2n) is 5.31. The van der Waals surface area contributed by atoms with E-state index in [-0.39, 0.29) is 17.9 Å². The lowest BCUT2D eigenvalue weighted by molar-refractivity contribution is 0.177. The Kier molecular flexibility index (Phi) is 2.32. The number of H-pyrrole nitrogens is 1. The molecule has 0 bridgehead atoms. The third-order valence-corrected chi connectivity index (χ3v) is 3.36. The van der Waals surface area contributed by atoms with E-state index in [2.05, 4.69) is 4.74 Å². The lowest BCUT2D eigenvalue weighted by atomic mass is 10.0. The Morgan fingerprint density at radius 2 is 2.48 bits per heavy atom. The van der Waals surface area contributed by atoms with Crippen LogP contribution < -0.4 is 5.31 Å². The van der Waals surface area contributed by atoms with Crippen molar-refractivity contribution in [3.8, 4) is 0 Å². The van der Waals surface area contributed by atoms with Gasteiger partial charge in [0.05, 0.1) is 11.5 Å². The summed E-state index contributed by atoms with van der Waals surface area (Å²) >= 11 is 0. The van der Waals surface area contributed by atoms with Crippen molar-refractivity contribution < 1.29 is 17.8 Å². The number of fused-ring (bicyclic) bond motifs is 1.